The maximum absolute atomic E-state index is 13.7. The minimum absolute atomic E-state index is 0.250. The van der Waals surface area contributed by atoms with Crippen LogP contribution in [0.15, 0.2) is 18.5 Å². The van der Waals surface area contributed by atoms with Crippen molar-refractivity contribution in [2.75, 3.05) is 22.7 Å². The van der Waals surface area contributed by atoms with Crippen LogP contribution in [0.25, 0.3) is 0 Å². The topological polar surface area (TPSA) is 115 Å². The second-order valence-corrected chi connectivity index (χ2v) is 11.9. The Balaban J connectivity index is 1.45. The van der Waals surface area contributed by atoms with Gasteiger partial charge < -0.3 is 5.21 Å². The van der Waals surface area contributed by atoms with Crippen molar-refractivity contribution < 1.29 is 17.7 Å². The van der Waals surface area contributed by atoms with Gasteiger partial charge in [-0.15, -0.1) is 0 Å². The van der Waals surface area contributed by atoms with Crippen molar-refractivity contribution in [1.29, 1.82) is 0 Å². The number of carbonyl (C=O) groups excluding carboxylic acids is 1. The standard InChI is InChI=1S/C24H34N6O4S/c1-16(2)28-11-10-19(15-28)29(20-13-25-27(3)14-20)35(33,34)30(32)24(31)26-23-21-8-4-6-17(21)12-18-7-5-9-22(18)23/h12-14,16,19,30H,4-11,15H2,1-3H3,(H,26,31). The molecular weight excluding hydrogens is 468 g/mol. The highest BCUT2D eigenvalue weighted by Gasteiger charge is 2.42. The molecule has 2 heterocycles. The number of hydroxylamine groups is 1. The van der Waals surface area contributed by atoms with E-state index in [9.17, 15) is 18.4 Å². The molecule has 0 radical (unpaired) electrons. The zero-order valence-corrected chi connectivity index (χ0v) is 21.4. The monoisotopic (exact) mass is 502 g/mol. The number of carbonyl (C=O) groups is 1. The molecule has 1 aliphatic heterocycles. The predicted molar refractivity (Wildman–Crippen MR) is 134 cm³/mol. The number of aryl methyl sites for hydroxylation is 3. The van der Waals surface area contributed by atoms with Crippen LogP contribution in [0, 0.1) is 5.21 Å². The van der Waals surface area contributed by atoms with Gasteiger partial charge in [0.15, 0.2) is 0 Å². The van der Waals surface area contributed by atoms with Crippen LogP contribution < -0.4 is 14.1 Å². The summed E-state index contributed by atoms with van der Waals surface area (Å²) in [5, 5.41) is 20.1. The van der Waals surface area contributed by atoms with Crippen LogP contribution in [0.4, 0.5) is 16.2 Å². The Morgan fingerprint density at radius 1 is 1.20 bits per heavy atom. The maximum atomic E-state index is 13.7. The van der Waals surface area contributed by atoms with Crippen molar-refractivity contribution in [2.45, 2.75) is 70.9 Å². The third-order valence-electron chi connectivity index (χ3n) is 7.59. The van der Waals surface area contributed by atoms with Crippen LogP contribution >= 0.6 is 0 Å². The first-order chi connectivity index (χ1) is 16.7. The Hall–Kier alpha value is -2.47. The number of likely N-dealkylation sites (tertiary alicyclic amines) is 1. The molecule has 3 aliphatic rings. The average Bonchev–Trinajstić information content (AvgIpc) is 3.60. The highest BCUT2D eigenvalue weighted by molar-refractivity contribution is 7.86. The molecule has 11 heteroatoms. The molecule has 10 nitrogen and oxygen atoms in total. The van der Waals surface area contributed by atoms with E-state index in [4.69, 9.17) is 0 Å². The molecule has 2 aliphatic carbocycles. The van der Waals surface area contributed by atoms with Gasteiger partial charge in [0.25, 0.3) is 0 Å². The molecule has 1 fully saturated rings. The van der Waals surface area contributed by atoms with E-state index in [1.54, 1.807) is 13.2 Å². The highest BCUT2D eigenvalue weighted by Crippen LogP contribution is 2.38. The number of hydrogen-bond donors (Lipinski definition) is 2. The summed E-state index contributed by atoms with van der Waals surface area (Å²) in [6.07, 6.45) is 9.10. The van der Waals surface area contributed by atoms with Gasteiger partial charge in [-0.05, 0) is 81.0 Å². The molecule has 2 amide bonds. The normalized spacial score (nSPS) is 20.8. The molecule has 0 bridgehead atoms. The first-order valence-corrected chi connectivity index (χ1v) is 13.9. The summed E-state index contributed by atoms with van der Waals surface area (Å²) >= 11 is 0. The number of benzene rings is 1. The number of fused-ring (bicyclic) bond motifs is 2. The average molecular weight is 503 g/mol. The predicted octanol–water partition coefficient (Wildman–Crippen LogP) is 1.55. The molecule has 1 aromatic heterocycles. The lowest BCUT2D eigenvalue weighted by molar-refractivity contribution is -0.604. The lowest BCUT2D eigenvalue weighted by atomic mass is 9.99. The number of nitrogens with zero attached hydrogens (tertiary/aromatic N) is 4. The highest BCUT2D eigenvalue weighted by atomic mass is 32.2. The van der Waals surface area contributed by atoms with E-state index in [2.05, 4.69) is 35.2 Å². The van der Waals surface area contributed by atoms with E-state index < -0.39 is 26.8 Å². The van der Waals surface area contributed by atoms with Gasteiger partial charge in [0.2, 0.25) is 0 Å². The van der Waals surface area contributed by atoms with E-state index in [1.807, 2.05) is 0 Å². The number of anilines is 2. The molecule has 190 valence electrons. The summed E-state index contributed by atoms with van der Waals surface area (Å²) in [5.41, 5.74) is 5.47. The third-order valence-corrected chi connectivity index (χ3v) is 9.27. The second kappa shape index (κ2) is 9.20. The van der Waals surface area contributed by atoms with E-state index in [-0.39, 0.29) is 6.04 Å². The molecule has 0 spiro atoms. The summed E-state index contributed by atoms with van der Waals surface area (Å²) in [4.78, 5) is 15.4. The summed E-state index contributed by atoms with van der Waals surface area (Å²) in [6.45, 7) is 5.32. The minimum Gasteiger partial charge on any atom is -0.608 e. The van der Waals surface area contributed by atoms with Crippen molar-refractivity contribution in [1.82, 2.24) is 14.7 Å². The number of nitrogens with one attached hydrogen (secondary N) is 2. The molecular formula is C24H34N6O4S. The maximum Gasteiger partial charge on any atom is 0.436 e. The molecule has 35 heavy (non-hydrogen) atoms. The lowest BCUT2D eigenvalue weighted by Crippen LogP contribution is -3.14. The van der Waals surface area contributed by atoms with E-state index >= 15 is 0 Å². The van der Waals surface area contributed by atoms with Gasteiger partial charge >= 0.3 is 16.2 Å². The second-order valence-electron chi connectivity index (χ2n) is 10.2. The van der Waals surface area contributed by atoms with Crippen molar-refractivity contribution in [2.24, 2.45) is 7.05 Å². The van der Waals surface area contributed by atoms with Crippen LogP contribution in [0.2, 0.25) is 0 Å². The zero-order valence-electron chi connectivity index (χ0n) is 20.6. The van der Waals surface area contributed by atoms with Crippen molar-refractivity contribution >= 4 is 27.6 Å². The van der Waals surface area contributed by atoms with E-state index in [0.29, 0.717) is 24.3 Å². The van der Waals surface area contributed by atoms with Gasteiger partial charge in [-0.25, -0.2) is 9.10 Å². The van der Waals surface area contributed by atoms with Crippen LogP contribution in [0.5, 0.6) is 0 Å². The Bertz CT molecular complexity index is 1210. The van der Waals surface area contributed by atoms with Gasteiger partial charge in [-0.1, -0.05) is 6.07 Å². The largest absolute Gasteiger partial charge is 0.608 e. The first-order valence-electron chi connectivity index (χ1n) is 12.5. The van der Waals surface area contributed by atoms with Gasteiger partial charge in [0.1, 0.15) is 0 Å². The molecule has 0 saturated carbocycles. The Kier molecular flexibility index (Phi) is 6.37. The summed E-state index contributed by atoms with van der Waals surface area (Å²) < 4.78 is 28.5. The molecule has 1 aromatic carbocycles. The SMILES string of the molecule is CC(C)N1CCC(N(c2cnn(C)c2)S(=O)(=O)[NH+]([O-])C(=O)Nc2c3c(cc4c2CCC4)CCC3)C1. The summed E-state index contributed by atoms with van der Waals surface area (Å²) in [6, 6.07) is 0.934. The fraction of sp³-hybridized carbons (Fsp3) is 0.583. The molecule has 2 unspecified atom stereocenters. The van der Waals surface area contributed by atoms with Gasteiger partial charge in [-0.2, -0.15) is 18.0 Å². The zero-order chi connectivity index (χ0) is 24.9. The first kappa shape index (κ1) is 24.2. The number of urea groups is 1. The van der Waals surface area contributed by atoms with Crippen LogP contribution in [-0.4, -0.2) is 54.3 Å². The van der Waals surface area contributed by atoms with E-state index in [0.717, 1.165) is 60.5 Å². The minimum atomic E-state index is -4.62. The van der Waals surface area contributed by atoms with Crippen molar-refractivity contribution in [3.05, 3.63) is 45.9 Å². The quantitative estimate of drug-likeness (QED) is 0.579. The van der Waals surface area contributed by atoms with Crippen LogP contribution in [0.3, 0.4) is 0 Å². The van der Waals surface area contributed by atoms with Crippen molar-refractivity contribution in [3.8, 4) is 0 Å². The molecule has 2 aromatic rings. The van der Waals surface area contributed by atoms with Crippen molar-refractivity contribution in [3.63, 3.8) is 0 Å². The third kappa shape index (κ3) is 4.35. The number of aromatic nitrogens is 2. The van der Waals surface area contributed by atoms with Crippen LogP contribution in [-0.2, 0) is 42.9 Å². The Morgan fingerprint density at radius 2 is 1.86 bits per heavy atom. The van der Waals surface area contributed by atoms with Crippen LogP contribution in [0.1, 0.15) is 55.4 Å². The number of amides is 2. The molecule has 1 saturated heterocycles. The fourth-order valence-electron chi connectivity index (χ4n) is 5.83. The van der Waals surface area contributed by atoms with Gasteiger partial charge in [-0.3, -0.25) is 14.9 Å². The Labute approximate surface area is 206 Å². The molecule has 5 rings (SSSR count). The number of quaternary nitrogens is 1. The lowest BCUT2D eigenvalue weighted by Gasteiger charge is -2.32. The summed E-state index contributed by atoms with van der Waals surface area (Å²) in [7, 11) is -2.93. The Morgan fingerprint density at radius 3 is 2.40 bits per heavy atom. The molecule has 2 N–H and O–H groups in total. The smallest absolute Gasteiger partial charge is 0.436 e. The van der Waals surface area contributed by atoms with Gasteiger partial charge in [0.05, 0.1) is 23.6 Å². The van der Waals surface area contributed by atoms with E-state index in [1.165, 1.54) is 22.0 Å². The number of rotatable bonds is 6. The fourth-order valence-corrected chi connectivity index (χ4v) is 7.24. The summed E-state index contributed by atoms with van der Waals surface area (Å²) in [5.74, 6) is 0. The van der Waals surface area contributed by atoms with Gasteiger partial charge in [0, 0.05) is 32.4 Å². The number of hydrogen-bond acceptors (Lipinski definition) is 6. The molecule has 2 atom stereocenters.